The molecule has 4 rings (SSSR count). The average molecular weight is 714 g/mol. The summed E-state index contributed by atoms with van der Waals surface area (Å²) in [5.41, 5.74) is -3.85. The minimum atomic E-state index is -1.51. The molecule has 0 aliphatic carbocycles. The number of hydrogen-bond donors (Lipinski definition) is 1. The zero-order valence-electron chi connectivity index (χ0n) is 30.5. The number of amides is 3. The number of benzene rings is 1. The Morgan fingerprint density at radius 3 is 2.10 bits per heavy atom. The van der Waals surface area contributed by atoms with Gasteiger partial charge in [-0.1, -0.05) is 0 Å². The maximum Gasteiger partial charge on any atom is 0.425 e. The van der Waals surface area contributed by atoms with E-state index in [1.54, 1.807) is 67.2 Å². The van der Waals surface area contributed by atoms with E-state index in [1.165, 1.54) is 24.1 Å². The molecule has 0 spiro atoms. The summed E-state index contributed by atoms with van der Waals surface area (Å²) in [6.45, 7) is 14.8. The maximum atomic E-state index is 15.2. The molecule has 1 aliphatic rings. The first-order valence-electron chi connectivity index (χ1n) is 16.1. The third kappa shape index (κ3) is 8.88. The van der Waals surface area contributed by atoms with Crippen LogP contribution < -0.4 is 15.1 Å². The topological polar surface area (TPSA) is 184 Å². The first-order valence-corrected chi connectivity index (χ1v) is 16.1. The summed E-state index contributed by atoms with van der Waals surface area (Å²) < 4.78 is 38.1. The molecule has 0 radical (unpaired) electrons. The SMILES string of the molecule is COC(=O)[C@@]1(NC(=O)OC(C)(C)C)CCN(c2ccc(F)c(C=O)c2Cn2cnc3c(N(C(=O)OC(C)(C)C)C(=O)OC(C)(C)C)ncnc32)C1. The number of ether oxygens (including phenoxy) is 4. The summed E-state index contributed by atoms with van der Waals surface area (Å²) in [7, 11) is 1.20. The normalized spacial score (nSPS) is 16.4. The second kappa shape index (κ2) is 14.1. The summed E-state index contributed by atoms with van der Waals surface area (Å²) >= 11 is 0. The highest BCUT2D eigenvalue weighted by atomic mass is 19.1. The number of imide groups is 1. The molecule has 51 heavy (non-hydrogen) atoms. The minimum absolute atomic E-state index is 0.00673. The highest BCUT2D eigenvalue weighted by Gasteiger charge is 2.48. The zero-order valence-corrected chi connectivity index (χ0v) is 30.5. The second-order valence-electron chi connectivity index (χ2n) is 15.0. The van der Waals surface area contributed by atoms with E-state index in [-0.39, 0.29) is 54.2 Å². The number of methoxy groups -OCH3 is 1. The van der Waals surface area contributed by atoms with Crippen LogP contribution in [0.4, 0.5) is 30.3 Å². The minimum Gasteiger partial charge on any atom is -0.467 e. The van der Waals surface area contributed by atoms with Gasteiger partial charge in [-0.25, -0.2) is 38.5 Å². The molecule has 1 N–H and O–H groups in total. The molecule has 3 amide bonds. The van der Waals surface area contributed by atoms with Gasteiger partial charge in [0.15, 0.2) is 28.8 Å². The molecule has 0 bridgehead atoms. The quantitative estimate of drug-likeness (QED) is 0.193. The smallest absolute Gasteiger partial charge is 0.425 e. The second-order valence-corrected chi connectivity index (χ2v) is 15.0. The summed E-state index contributed by atoms with van der Waals surface area (Å²) in [4.78, 5) is 80.1. The number of aldehydes is 1. The van der Waals surface area contributed by atoms with E-state index >= 15 is 4.39 Å². The van der Waals surface area contributed by atoms with Gasteiger partial charge in [0, 0.05) is 24.2 Å². The molecule has 2 aromatic heterocycles. The van der Waals surface area contributed by atoms with E-state index in [1.807, 2.05) is 0 Å². The fraction of sp³-hybridized carbons (Fsp3) is 0.529. The fourth-order valence-corrected chi connectivity index (χ4v) is 5.42. The predicted octanol–water partition coefficient (Wildman–Crippen LogP) is 5.15. The summed E-state index contributed by atoms with van der Waals surface area (Å²) in [6.07, 6.45) is -0.0188. The van der Waals surface area contributed by atoms with Gasteiger partial charge in [-0.05, 0) is 74.4 Å². The Morgan fingerprint density at radius 1 is 0.941 bits per heavy atom. The van der Waals surface area contributed by atoms with Crippen molar-refractivity contribution in [2.75, 3.05) is 30.0 Å². The van der Waals surface area contributed by atoms with Crippen LogP contribution in [0.2, 0.25) is 0 Å². The lowest BCUT2D eigenvalue weighted by atomic mass is 9.99. The number of halogens is 1. The number of imidazole rings is 1. The largest absolute Gasteiger partial charge is 0.467 e. The Labute approximate surface area is 294 Å². The molecule has 3 aromatic rings. The van der Waals surface area contributed by atoms with Gasteiger partial charge in [0.2, 0.25) is 0 Å². The Bertz CT molecular complexity index is 1810. The highest BCUT2D eigenvalue weighted by molar-refractivity contribution is 6.12. The lowest BCUT2D eigenvalue weighted by Crippen LogP contribution is -2.57. The van der Waals surface area contributed by atoms with Gasteiger partial charge in [0.05, 0.1) is 32.1 Å². The number of anilines is 2. The van der Waals surface area contributed by atoms with Gasteiger partial charge in [0.1, 0.15) is 28.9 Å². The monoisotopic (exact) mass is 713 g/mol. The van der Waals surface area contributed by atoms with Gasteiger partial charge in [0.25, 0.3) is 0 Å². The van der Waals surface area contributed by atoms with Gasteiger partial charge in [-0.2, -0.15) is 4.90 Å². The van der Waals surface area contributed by atoms with Crippen molar-refractivity contribution in [3.05, 3.63) is 41.7 Å². The number of carbonyl (C=O) groups is 5. The summed E-state index contributed by atoms with van der Waals surface area (Å²) in [6, 6.07) is 2.60. The molecule has 17 heteroatoms. The molecule has 0 saturated carbocycles. The first kappa shape index (κ1) is 38.5. The Hall–Kier alpha value is -5.35. The van der Waals surface area contributed by atoms with Crippen molar-refractivity contribution >= 4 is 53.2 Å². The van der Waals surface area contributed by atoms with Crippen LogP contribution in [-0.2, 0) is 30.3 Å². The predicted molar refractivity (Wildman–Crippen MR) is 182 cm³/mol. The molecular weight excluding hydrogens is 669 g/mol. The van der Waals surface area contributed by atoms with E-state index in [0.29, 0.717) is 16.9 Å². The van der Waals surface area contributed by atoms with E-state index < -0.39 is 52.4 Å². The van der Waals surface area contributed by atoms with Crippen LogP contribution in [0, 0.1) is 5.82 Å². The van der Waals surface area contributed by atoms with Crippen LogP contribution in [0.5, 0.6) is 0 Å². The fourth-order valence-electron chi connectivity index (χ4n) is 5.42. The number of alkyl carbamates (subject to hydrolysis) is 1. The summed E-state index contributed by atoms with van der Waals surface area (Å²) in [5.74, 6) is -1.73. The van der Waals surface area contributed by atoms with Crippen LogP contribution in [-0.4, -0.2) is 92.6 Å². The molecule has 16 nitrogen and oxygen atoms in total. The zero-order chi connectivity index (χ0) is 38.1. The molecule has 0 unspecified atom stereocenters. The average Bonchev–Trinajstić information content (AvgIpc) is 3.60. The standard InChI is InChI=1S/C34H44FN7O9/c1-31(2,3)49-28(45)39-34(27(44)48-10)13-14-40(17-34)23-12-11-22(35)21(16-43)20(23)15-41-19-38-24-25(41)36-18-37-26(24)42(29(46)50-32(4,5)6)30(47)51-33(7,8)9/h11-12,16,18-19H,13-15,17H2,1-10H3,(H,39,45)/t34-/m1/s1. The Balaban J connectivity index is 1.77. The number of fused-ring (bicyclic) bond motifs is 1. The number of carbonyl (C=O) groups excluding carboxylic acids is 5. The Kier molecular flexibility index (Phi) is 10.6. The lowest BCUT2D eigenvalue weighted by molar-refractivity contribution is -0.147. The molecule has 276 valence electrons. The number of aromatic nitrogens is 4. The molecule has 1 fully saturated rings. The van der Waals surface area contributed by atoms with Crippen LogP contribution in [0.3, 0.4) is 0 Å². The highest BCUT2D eigenvalue weighted by Crippen LogP contribution is 2.34. The van der Waals surface area contributed by atoms with Crippen molar-refractivity contribution in [1.82, 2.24) is 24.8 Å². The molecule has 1 aromatic carbocycles. The van der Waals surface area contributed by atoms with Gasteiger partial charge >= 0.3 is 24.2 Å². The third-order valence-corrected chi connectivity index (χ3v) is 7.40. The third-order valence-electron chi connectivity index (χ3n) is 7.40. The van der Waals surface area contributed by atoms with Crippen molar-refractivity contribution < 1.29 is 47.3 Å². The van der Waals surface area contributed by atoms with Gasteiger partial charge in [-0.3, -0.25) is 4.79 Å². The molecule has 1 atom stereocenters. The number of hydrogen-bond acceptors (Lipinski definition) is 13. The molecule has 1 aliphatic heterocycles. The molecule has 3 heterocycles. The van der Waals surface area contributed by atoms with Crippen molar-refractivity contribution in [1.29, 1.82) is 0 Å². The number of esters is 1. The maximum absolute atomic E-state index is 15.2. The van der Waals surface area contributed by atoms with Crippen molar-refractivity contribution in [2.45, 2.75) is 97.6 Å². The number of nitrogens with one attached hydrogen (secondary N) is 1. The van der Waals surface area contributed by atoms with E-state index in [9.17, 15) is 24.0 Å². The van der Waals surface area contributed by atoms with Crippen molar-refractivity contribution in [3.8, 4) is 0 Å². The van der Waals surface area contributed by atoms with Crippen LogP contribution in [0.15, 0.2) is 24.8 Å². The van der Waals surface area contributed by atoms with Crippen molar-refractivity contribution in [2.24, 2.45) is 0 Å². The molecule has 1 saturated heterocycles. The summed E-state index contributed by atoms with van der Waals surface area (Å²) in [5, 5.41) is 2.66. The van der Waals surface area contributed by atoms with E-state index in [0.717, 1.165) is 12.4 Å². The Morgan fingerprint density at radius 2 is 1.55 bits per heavy atom. The van der Waals surface area contributed by atoms with Crippen LogP contribution in [0.1, 0.15) is 84.7 Å². The van der Waals surface area contributed by atoms with Gasteiger partial charge < -0.3 is 33.7 Å². The lowest BCUT2D eigenvalue weighted by Gasteiger charge is -2.30. The number of rotatable bonds is 7. The van der Waals surface area contributed by atoms with E-state index in [2.05, 4.69) is 20.3 Å². The van der Waals surface area contributed by atoms with Crippen LogP contribution in [0.25, 0.3) is 11.2 Å². The van der Waals surface area contributed by atoms with Crippen LogP contribution >= 0.6 is 0 Å². The van der Waals surface area contributed by atoms with E-state index in [4.69, 9.17) is 18.9 Å². The first-order chi connectivity index (χ1) is 23.6. The number of nitrogens with zero attached hydrogens (tertiary/aromatic N) is 6. The van der Waals surface area contributed by atoms with Gasteiger partial charge in [-0.15, -0.1) is 0 Å². The molecular formula is C34H44FN7O9. The van der Waals surface area contributed by atoms with Crippen molar-refractivity contribution in [3.63, 3.8) is 0 Å².